The van der Waals surface area contributed by atoms with E-state index in [-0.39, 0.29) is 17.3 Å². The second kappa shape index (κ2) is 12.0. The Kier molecular flexibility index (Phi) is 8.39. The van der Waals surface area contributed by atoms with Crippen LogP contribution in [0.2, 0.25) is 0 Å². The SMILES string of the molecule is Cc1cc(O)c([C@@H]2O[C@H](CO)[C@@H](O)[C@H](O)[C@H]2O)cc1Cc1ccc(CCNC(=O)N2Cc3ccccc3C2)cc1. The molecule has 3 aromatic carbocycles. The zero-order valence-electron chi connectivity index (χ0n) is 22.4. The molecule has 0 aliphatic carbocycles. The van der Waals surface area contributed by atoms with Crippen LogP contribution in [0.1, 0.15) is 45.0 Å². The number of amides is 2. The Balaban J connectivity index is 1.19. The Labute approximate surface area is 233 Å². The van der Waals surface area contributed by atoms with Crippen molar-refractivity contribution < 1.29 is 35.1 Å². The summed E-state index contributed by atoms with van der Waals surface area (Å²) in [6.45, 7) is 3.13. The molecule has 5 atom stereocenters. The maximum atomic E-state index is 12.6. The van der Waals surface area contributed by atoms with E-state index in [9.17, 15) is 30.3 Å². The van der Waals surface area contributed by atoms with Gasteiger partial charge in [0.2, 0.25) is 0 Å². The number of fused-ring (bicyclic) bond motifs is 1. The van der Waals surface area contributed by atoms with E-state index in [1.54, 1.807) is 12.1 Å². The number of phenolic OH excluding ortho intramolecular Hbond substituents is 1. The smallest absolute Gasteiger partial charge is 0.318 e. The van der Waals surface area contributed by atoms with Gasteiger partial charge in [0.25, 0.3) is 0 Å². The van der Waals surface area contributed by atoms with Crippen LogP contribution in [0.25, 0.3) is 0 Å². The van der Waals surface area contributed by atoms with E-state index in [2.05, 4.69) is 17.4 Å². The number of aryl methyl sites for hydroxylation is 1. The number of nitrogens with one attached hydrogen (secondary N) is 1. The number of hydrogen-bond donors (Lipinski definition) is 6. The molecule has 2 aliphatic rings. The average molecular weight is 549 g/mol. The Morgan fingerprint density at radius 1 is 0.950 bits per heavy atom. The number of benzene rings is 3. The van der Waals surface area contributed by atoms with E-state index in [1.807, 2.05) is 48.2 Å². The van der Waals surface area contributed by atoms with Gasteiger partial charge in [-0.2, -0.15) is 0 Å². The molecule has 0 aromatic heterocycles. The van der Waals surface area contributed by atoms with Gasteiger partial charge in [0.15, 0.2) is 0 Å². The van der Waals surface area contributed by atoms with Crippen LogP contribution in [0.5, 0.6) is 5.75 Å². The van der Waals surface area contributed by atoms with Crippen molar-refractivity contribution in [3.05, 3.63) is 99.6 Å². The van der Waals surface area contributed by atoms with Gasteiger partial charge in [0.1, 0.15) is 36.3 Å². The number of carbonyl (C=O) groups is 1. The molecule has 212 valence electrons. The first-order chi connectivity index (χ1) is 19.2. The quantitative estimate of drug-likeness (QED) is 0.265. The molecular weight excluding hydrogens is 512 g/mol. The van der Waals surface area contributed by atoms with Crippen LogP contribution in [0.4, 0.5) is 4.79 Å². The number of aromatic hydroxyl groups is 1. The van der Waals surface area contributed by atoms with Crippen molar-refractivity contribution in [2.75, 3.05) is 13.2 Å². The van der Waals surface area contributed by atoms with Crippen LogP contribution in [0.3, 0.4) is 0 Å². The molecule has 1 saturated heterocycles. The van der Waals surface area contributed by atoms with Crippen molar-refractivity contribution in [1.82, 2.24) is 10.2 Å². The van der Waals surface area contributed by atoms with Crippen LogP contribution in [0.15, 0.2) is 60.7 Å². The highest BCUT2D eigenvalue weighted by molar-refractivity contribution is 5.75. The van der Waals surface area contributed by atoms with Crippen LogP contribution in [-0.4, -0.2) is 74.0 Å². The van der Waals surface area contributed by atoms with Gasteiger partial charge >= 0.3 is 6.03 Å². The predicted molar refractivity (Wildman–Crippen MR) is 148 cm³/mol. The van der Waals surface area contributed by atoms with Gasteiger partial charge in [0, 0.05) is 25.2 Å². The first kappa shape index (κ1) is 28.1. The molecule has 5 rings (SSSR count). The Morgan fingerprint density at radius 2 is 1.60 bits per heavy atom. The largest absolute Gasteiger partial charge is 0.508 e. The minimum Gasteiger partial charge on any atom is -0.508 e. The normalized spacial score (nSPS) is 24.1. The number of urea groups is 1. The van der Waals surface area contributed by atoms with Crippen molar-refractivity contribution in [2.24, 2.45) is 0 Å². The van der Waals surface area contributed by atoms with Gasteiger partial charge in [-0.3, -0.25) is 0 Å². The number of nitrogens with zero attached hydrogens (tertiary/aromatic N) is 1. The molecule has 6 N–H and O–H groups in total. The predicted octanol–water partition coefficient (Wildman–Crippen LogP) is 2.07. The summed E-state index contributed by atoms with van der Waals surface area (Å²) in [5.41, 5.74) is 6.55. The van der Waals surface area contributed by atoms with E-state index in [0.29, 0.717) is 32.5 Å². The lowest BCUT2D eigenvalue weighted by atomic mass is 9.88. The van der Waals surface area contributed by atoms with Crippen LogP contribution in [0, 0.1) is 6.92 Å². The molecule has 0 bridgehead atoms. The summed E-state index contributed by atoms with van der Waals surface area (Å²) in [5, 5.41) is 53.9. The first-order valence-electron chi connectivity index (χ1n) is 13.6. The van der Waals surface area contributed by atoms with Crippen molar-refractivity contribution in [2.45, 2.75) is 63.4 Å². The number of hydrogen-bond acceptors (Lipinski definition) is 7. The first-order valence-corrected chi connectivity index (χ1v) is 13.6. The highest BCUT2D eigenvalue weighted by atomic mass is 16.5. The minimum absolute atomic E-state index is 0.0640. The molecule has 2 heterocycles. The highest BCUT2D eigenvalue weighted by Crippen LogP contribution is 2.38. The van der Waals surface area contributed by atoms with Crippen LogP contribution >= 0.6 is 0 Å². The fourth-order valence-electron chi connectivity index (χ4n) is 5.48. The van der Waals surface area contributed by atoms with E-state index >= 15 is 0 Å². The molecule has 3 aromatic rings. The number of ether oxygens (including phenoxy) is 1. The Bertz CT molecular complexity index is 1320. The second-order valence-corrected chi connectivity index (χ2v) is 10.7. The fourth-order valence-corrected chi connectivity index (χ4v) is 5.48. The van der Waals surface area contributed by atoms with Gasteiger partial charge in [0.05, 0.1) is 6.61 Å². The lowest BCUT2D eigenvalue weighted by molar-refractivity contribution is -0.232. The molecule has 1 fully saturated rings. The lowest BCUT2D eigenvalue weighted by Crippen LogP contribution is -2.55. The second-order valence-electron chi connectivity index (χ2n) is 10.7. The van der Waals surface area contributed by atoms with Gasteiger partial charge in [-0.05, 0) is 65.3 Å². The maximum absolute atomic E-state index is 12.6. The number of aliphatic hydroxyl groups is 4. The summed E-state index contributed by atoms with van der Waals surface area (Å²) in [4.78, 5) is 14.4. The fraction of sp³-hybridized carbons (Fsp3) is 0.387. The third-order valence-corrected chi connectivity index (χ3v) is 7.92. The van der Waals surface area contributed by atoms with Gasteiger partial charge in [-0.25, -0.2) is 4.79 Å². The molecule has 0 spiro atoms. The Hall–Kier alpha value is -3.47. The molecule has 40 heavy (non-hydrogen) atoms. The number of phenols is 1. The molecular formula is C31H36N2O7. The van der Waals surface area contributed by atoms with E-state index in [0.717, 1.165) is 22.3 Å². The van der Waals surface area contributed by atoms with Gasteiger partial charge in [-0.15, -0.1) is 0 Å². The number of aliphatic hydroxyl groups excluding tert-OH is 4. The summed E-state index contributed by atoms with van der Waals surface area (Å²) in [5.74, 6) is -0.0965. The third kappa shape index (κ3) is 5.84. The van der Waals surface area contributed by atoms with E-state index < -0.39 is 37.1 Å². The molecule has 0 radical (unpaired) electrons. The van der Waals surface area contributed by atoms with Crippen molar-refractivity contribution in [1.29, 1.82) is 0 Å². The zero-order valence-corrected chi connectivity index (χ0v) is 22.4. The number of rotatable bonds is 7. The molecule has 2 aliphatic heterocycles. The molecule has 2 amide bonds. The van der Waals surface area contributed by atoms with Crippen LogP contribution < -0.4 is 5.32 Å². The summed E-state index contributed by atoms with van der Waals surface area (Å²) in [6.07, 6.45) is -5.37. The molecule has 0 saturated carbocycles. The third-order valence-electron chi connectivity index (χ3n) is 7.92. The standard InChI is InChI=1S/C31H36N2O7/c1-18-12-25(35)24(30-29(38)28(37)27(36)26(17-34)40-30)14-23(18)13-20-8-6-19(7-9-20)10-11-32-31(39)33-15-21-4-2-3-5-22(21)16-33/h2-9,12,14,26-30,34-38H,10-11,13,15-17H2,1H3,(H,32,39)/t26-,27-,28+,29-,30+/m1/s1. The van der Waals surface area contributed by atoms with Gasteiger partial charge < -0.3 is 40.5 Å². The molecule has 9 nitrogen and oxygen atoms in total. The zero-order chi connectivity index (χ0) is 28.4. The summed E-state index contributed by atoms with van der Waals surface area (Å²) >= 11 is 0. The topological polar surface area (TPSA) is 143 Å². The molecule has 0 unspecified atom stereocenters. The summed E-state index contributed by atoms with van der Waals surface area (Å²) in [6, 6.07) is 19.5. The highest BCUT2D eigenvalue weighted by Gasteiger charge is 2.44. The summed E-state index contributed by atoms with van der Waals surface area (Å²) < 4.78 is 5.66. The molecule has 9 heteroatoms. The summed E-state index contributed by atoms with van der Waals surface area (Å²) in [7, 11) is 0. The van der Waals surface area contributed by atoms with E-state index in [1.165, 1.54) is 11.1 Å². The van der Waals surface area contributed by atoms with Gasteiger partial charge in [-0.1, -0.05) is 48.5 Å². The Morgan fingerprint density at radius 3 is 2.25 bits per heavy atom. The van der Waals surface area contributed by atoms with Crippen molar-refractivity contribution in [3.63, 3.8) is 0 Å². The van der Waals surface area contributed by atoms with E-state index in [4.69, 9.17) is 4.74 Å². The minimum atomic E-state index is -1.52. The average Bonchev–Trinajstić information content (AvgIpc) is 3.39. The lowest BCUT2D eigenvalue weighted by Gasteiger charge is -2.40. The monoisotopic (exact) mass is 548 g/mol. The maximum Gasteiger partial charge on any atom is 0.318 e. The number of carbonyl (C=O) groups excluding carboxylic acids is 1. The van der Waals surface area contributed by atoms with Crippen molar-refractivity contribution >= 4 is 6.03 Å². The van der Waals surface area contributed by atoms with Crippen molar-refractivity contribution in [3.8, 4) is 5.75 Å². The van der Waals surface area contributed by atoms with Crippen LogP contribution in [-0.2, 0) is 30.7 Å².